The average molecular weight is 485 g/mol. The van der Waals surface area contributed by atoms with Gasteiger partial charge in [0.2, 0.25) is 23.6 Å². The number of carbonyl (C=O) groups is 4. The van der Waals surface area contributed by atoms with Crippen LogP contribution >= 0.6 is 0 Å². The predicted octanol–water partition coefficient (Wildman–Crippen LogP) is 2.68. The quantitative estimate of drug-likeness (QED) is 0.489. The van der Waals surface area contributed by atoms with Crippen LogP contribution in [0, 0.1) is 47.3 Å². The van der Waals surface area contributed by atoms with Gasteiger partial charge in [-0.15, -0.1) is 0 Å². The van der Waals surface area contributed by atoms with Crippen molar-refractivity contribution in [3.05, 3.63) is 60.7 Å². The third kappa shape index (κ3) is 2.39. The van der Waals surface area contributed by atoms with Gasteiger partial charge in [0.05, 0.1) is 49.3 Å². The third-order valence-electron chi connectivity index (χ3n) is 9.00. The van der Waals surface area contributed by atoms with Gasteiger partial charge in [0.15, 0.2) is 0 Å². The first kappa shape index (κ1) is 21.4. The highest BCUT2D eigenvalue weighted by Gasteiger charge is 2.75. The van der Waals surface area contributed by atoms with Crippen LogP contribution in [-0.2, 0) is 19.2 Å². The molecule has 0 radical (unpaired) electrons. The molecule has 0 spiro atoms. The summed E-state index contributed by atoms with van der Waals surface area (Å²) in [4.78, 5) is 57.2. The van der Waals surface area contributed by atoms with Crippen molar-refractivity contribution in [1.82, 2.24) is 0 Å². The number of carbonyl (C=O) groups excluding carboxylic acids is 4. The summed E-state index contributed by atoms with van der Waals surface area (Å²) in [5.74, 6) is -2.97. The number of hydrogen-bond donors (Lipinski definition) is 0. The van der Waals surface area contributed by atoms with Gasteiger partial charge in [-0.25, -0.2) is 9.80 Å². The van der Waals surface area contributed by atoms with Gasteiger partial charge in [-0.1, -0.05) is 36.4 Å². The van der Waals surface area contributed by atoms with Crippen molar-refractivity contribution >= 4 is 35.0 Å². The Morgan fingerprint density at radius 3 is 1.31 bits per heavy atom. The zero-order chi connectivity index (χ0) is 24.9. The molecule has 0 unspecified atom stereocenters. The summed E-state index contributed by atoms with van der Waals surface area (Å²) in [5, 5.41) is 0. The SMILES string of the molecule is COc1ccccc1N1C(=O)[C@@H]2[C@@H]3C=C[C@@H]([C@@H]2C1=O)[C@H]1[C@H]2C(=O)N(c4ccccc4OC)C(=O)[C@@H]2[C@H]31. The molecule has 6 aliphatic rings. The fourth-order valence-electron chi connectivity index (χ4n) is 7.70. The van der Waals surface area contributed by atoms with E-state index in [9.17, 15) is 19.2 Å². The summed E-state index contributed by atoms with van der Waals surface area (Å²) in [5.41, 5.74) is 0.877. The maximum Gasteiger partial charge on any atom is 0.238 e. The molecule has 4 fully saturated rings. The van der Waals surface area contributed by atoms with Gasteiger partial charge in [0.25, 0.3) is 0 Å². The third-order valence-corrected chi connectivity index (χ3v) is 9.00. The molecule has 8 rings (SSSR count). The zero-order valence-electron chi connectivity index (χ0n) is 19.7. The molecule has 4 amide bonds. The molecule has 2 bridgehead atoms. The summed E-state index contributed by atoms with van der Waals surface area (Å²) < 4.78 is 10.8. The smallest absolute Gasteiger partial charge is 0.238 e. The van der Waals surface area contributed by atoms with Crippen molar-refractivity contribution in [2.24, 2.45) is 47.3 Å². The van der Waals surface area contributed by atoms with E-state index in [1.54, 1.807) is 48.5 Å². The molecule has 36 heavy (non-hydrogen) atoms. The van der Waals surface area contributed by atoms with E-state index in [1.165, 1.54) is 24.0 Å². The first-order valence-corrected chi connectivity index (χ1v) is 12.2. The second-order valence-corrected chi connectivity index (χ2v) is 10.2. The molecule has 8 nitrogen and oxygen atoms in total. The van der Waals surface area contributed by atoms with Crippen LogP contribution in [0.4, 0.5) is 11.4 Å². The number of fused-ring (bicyclic) bond motifs is 1. The highest BCUT2D eigenvalue weighted by molar-refractivity contribution is 6.25. The van der Waals surface area contributed by atoms with Gasteiger partial charge in [-0.2, -0.15) is 0 Å². The van der Waals surface area contributed by atoms with E-state index in [1.807, 2.05) is 12.2 Å². The lowest BCUT2D eigenvalue weighted by molar-refractivity contribution is -0.166. The zero-order valence-corrected chi connectivity index (χ0v) is 19.7. The van der Waals surface area contributed by atoms with Crippen molar-refractivity contribution in [2.45, 2.75) is 0 Å². The number of para-hydroxylation sites is 4. The summed E-state index contributed by atoms with van der Waals surface area (Å²) in [6.45, 7) is 0. The largest absolute Gasteiger partial charge is 0.495 e. The van der Waals surface area contributed by atoms with E-state index < -0.39 is 23.7 Å². The molecule has 8 atom stereocenters. The molecule has 182 valence electrons. The lowest BCUT2D eigenvalue weighted by Crippen LogP contribution is -2.63. The molecular formula is C28H24N2O6. The molecule has 4 aliphatic carbocycles. The predicted molar refractivity (Wildman–Crippen MR) is 128 cm³/mol. The Labute approximate surface area is 207 Å². The van der Waals surface area contributed by atoms with Gasteiger partial charge in [-0.3, -0.25) is 19.2 Å². The van der Waals surface area contributed by atoms with E-state index in [4.69, 9.17) is 9.47 Å². The highest BCUT2D eigenvalue weighted by Crippen LogP contribution is 2.68. The minimum absolute atomic E-state index is 0.142. The van der Waals surface area contributed by atoms with Crippen LogP contribution in [0.1, 0.15) is 0 Å². The number of imide groups is 2. The van der Waals surface area contributed by atoms with Crippen molar-refractivity contribution in [3.63, 3.8) is 0 Å². The number of anilines is 2. The lowest BCUT2D eigenvalue weighted by atomic mass is 9.40. The van der Waals surface area contributed by atoms with Crippen molar-refractivity contribution in [2.75, 3.05) is 24.0 Å². The van der Waals surface area contributed by atoms with Gasteiger partial charge >= 0.3 is 0 Å². The second kappa shape index (κ2) is 7.29. The number of methoxy groups -OCH3 is 2. The molecule has 2 heterocycles. The van der Waals surface area contributed by atoms with Gasteiger partial charge in [-0.05, 0) is 47.9 Å². The Balaban J connectivity index is 1.26. The van der Waals surface area contributed by atoms with E-state index in [0.29, 0.717) is 22.9 Å². The Hall–Kier alpha value is -3.94. The topological polar surface area (TPSA) is 93.2 Å². The van der Waals surface area contributed by atoms with Crippen LogP contribution in [0.5, 0.6) is 11.5 Å². The standard InChI is InChI=1S/C28H24N2O6/c1-35-17-9-5-3-7-15(17)29-25(31)21-13-11-12-14(22(21)26(29)32)20-19(13)23-24(20)28(34)30(27(23)33)16-8-4-6-10-18(16)36-2/h3-14,19-24H,1-2H3/t13-,14-,19-,20-,21-,22+,23-,24-/m1/s1. The maximum atomic E-state index is 13.7. The first-order chi connectivity index (χ1) is 17.5. The van der Waals surface area contributed by atoms with Crippen molar-refractivity contribution in [1.29, 1.82) is 0 Å². The molecule has 2 aromatic rings. The van der Waals surface area contributed by atoms with Crippen molar-refractivity contribution in [3.8, 4) is 11.5 Å². The molecule has 2 aliphatic heterocycles. The normalized spacial score (nSPS) is 35.5. The molecule has 2 saturated carbocycles. The number of ether oxygens (including phenoxy) is 2. The number of rotatable bonds is 4. The van der Waals surface area contributed by atoms with Gasteiger partial charge < -0.3 is 9.47 Å². The Morgan fingerprint density at radius 1 is 0.556 bits per heavy atom. The molecule has 2 saturated heterocycles. The summed E-state index contributed by atoms with van der Waals surface area (Å²) in [7, 11) is 3.02. The van der Waals surface area contributed by atoms with Crippen LogP contribution in [0.15, 0.2) is 60.7 Å². The Morgan fingerprint density at radius 2 is 0.917 bits per heavy atom. The van der Waals surface area contributed by atoms with E-state index in [-0.39, 0.29) is 47.3 Å². The molecule has 8 heteroatoms. The minimum atomic E-state index is -0.539. The summed E-state index contributed by atoms with van der Waals surface area (Å²) in [6, 6.07) is 14.0. The van der Waals surface area contributed by atoms with Crippen LogP contribution < -0.4 is 19.3 Å². The minimum Gasteiger partial charge on any atom is -0.495 e. The maximum absolute atomic E-state index is 13.7. The molecule has 0 N–H and O–H groups in total. The second-order valence-electron chi connectivity index (χ2n) is 10.2. The van der Waals surface area contributed by atoms with Crippen LogP contribution in [-0.4, -0.2) is 37.8 Å². The molecule has 0 aromatic heterocycles. The fourth-order valence-corrected chi connectivity index (χ4v) is 7.70. The van der Waals surface area contributed by atoms with E-state index in [2.05, 4.69) is 0 Å². The van der Waals surface area contributed by atoms with E-state index >= 15 is 0 Å². The average Bonchev–Trinajstić information content (AvgIpc) is 3.27. The lowest BCUT2D eigenvalue weighted by Gasteiger charge is -2.60. The number of benzene rings is 2. The van der Waals surface area contributed by atoms with Gasteiger partial charge in [0.1, 0.15) is 11.5 Å². The van der Waals surface area contributed by atoms with Crippen LogP contribution in [0.2, 0.25) is 0 Å². The van der Waals surface area contributed by atoms with Crippen LogP contribution in [0.3, 0.4) is 0 Å². The summed E-state index contributed by atoms with van der Waals surface area (Å²) in [6.07, 6.45) is 4.01. The molecule has 2 aromatic carbocycles. The van der Waals surface area contributed by atoms with Crippen LogP contribution in [0.25, 0.3) is 0 Å². The fraction of sp³-hybridized carbons (Fsp3) is 0.357. The van der Waals surface area contributed by atoms with Gasteiger partial charge in [0, 0.05) is 0 Å². The monoisotopic (exact) mass is 484 g/mol. The first-order valence-electron chi connectivity index (χ1n) is 12.2. The Kier molecular flexibility index (Phi) is 4.32. The number of hydrogen-bond acceptors (Lipinski definition) is 6. The van der Waals surface area contributed by atoms with E-state index in [0.717, 1.165) is 0 Å². The number of amides is 4. The number of nitrogens with zero attached hydrogens (tertiary/aromatic N) is 2. The molecular weight excluding hydrogens is 460 g/mol. The summed E-state index contributed by atoms with van der Waals surface area (Å²) >= 11 is 0. The highest BCUT2D eigenvalue weighted by atomic mass is 16.5. The Bertz CT molecular complexity index is 1330. The van der Waals surface area contributed by atoms with Crippen molar-refractivity contribution < 1.29 is 28.7 Å². The number of allylic oxidation sites excluding steroid dienone is 2.